The Balaban J connectivity index is 2.70. The first-order valence-electron chi connectivity index (χ1n) is 5.43. The Bertz CT molecular complexity index is 622. The van der Waals surface area contributed by atoms with Crippen LogP contribution in [0.4, 0.5) is 0 Å². The van der Waals surface area contributed by atoms with Crippen LogP contribution in [0.3, 0.4) is 0 Å². The number of hydrogen-bond donors (Lipinski definition) is 0. The van der Waals surface area contributed by atoms with E-state index < -0.39 is 0 Å². The Morgan fingerprint density at radius 2 is 2.06 bits per heavy atom. The molecular weight excluding hydrogens is 278 g/mol. The van der Waals surface area contributed by atoms with E-state index in [0.29, 0.717) is 0 Å². The van der Waals surface area contributed by atoms with Crippen molar-refractivity contribution in [3.63, 3.8) is 0 Å². The fourth-order valence-corrected chi connectivity index (χ4v) is 2.42. The smallest absolute Gasteiger partial charge is 0.152 e. The number of benzene rings is 1. The molecule has 2 aromatic rings. The molecule has 0 aliphatic heterocycles. The molecule has 0 aliphatic carbocycles. The number of aryl methyl sites for hydroxylation is 1. The number of fused-ring (bicyclic) bond motifs is 1. The van der Waals surface area contributed by atoms with Crippen LogP contribution in [-0.4, -0.2) is 10.4 Å². The van der Waals surface area contributed by atoms with E-state index >= 15 is 0 Å². The van der Waals surface area contributed by atoms with Gasteiger partial charge in [-0.3, -0.25) is 4.79 Å². The molecule has 1 aromatic heterocycles. The lowest BCUT2D eigenvalue weighted by Gasteiger charge is -1.99. The van der Waals surface area contributed by atoms with Gasteiger partial charge in [-0.05, 0) is 43.7 Å². The quantitative estimate of drug-likeness (QED) is 0.769. The van der Waals surface area contributed by atoms with Crippen molar-refractivity contribution in [2.24, 2.45) is 7.05 Å². The minimum absolute atomic E-state index is 0.0782. The van der Waals surface area contributed by atoms with Gasteiger partial charge in [-0.1, -0.05) is 15.9 Å². The second kappa shape index (κ2) is 4.49. The van der Waals surface area contributed by atoms with Gasteiger partial charge in [0.1, 0.15) is 0 Å². The van der Waals surface area contributed by atoms with Crippen LogP contribution < -0.4 is 0 Å². The number of ketones is 1. The van der Waals surface area contributed by atoms with Crippen LogP contribution in [0.1, 0.15) is 19.4 Å². The Morgan fingerprint density at radius 1 is 1.35 bits per heavy atom. The summed E-state index contributed by atoms with van der Waals surface area (Å²) in [4.78, 5) is 11.1. The van der Waals surface area contributed by atoms with Gasteiger partial charge in [0, 0.05) is 34.2 Å². The molecule has 0 saturated carbocycles. The van der Waals surface area contributed by atoms with E-state index in [1.165, 1.54) is 5.52 Å². The average molecular weight is 292 g/mol. The van der Waals surface area contributed by atoms with Crippen molar-refractivity contribution in [2.45, 2.75) is 13.8 Å². The van der Waals surface area contributed by atoms with Gasteiger partial charge in [0.2, 0.25) is 0 Å². The predicted molar refractivity (Wildman–Crippen MR) is 75.0 cm³/mol. The summed E-state index contributed by atoms with van der Waals surface area (Å²) in [7, 11) is 2.01. The molecule has 0 unspecified atom stereocenters. The van der Waals surface area contributed by atoms with Crippen LogP contribution in [0.2, 0.25) is 0 Å². The third kappa shape index (κ3) is 2.34. The zero-order valence-electron chi connectivity index (χ0n) is 10.1. The third-order valence-corrected chi connectivity index (χ3v) is 3.29. The fraction of sp³-hybridized carbons (Fsp3) is 0.214. The highest BCUT2D eigenvalue weighted by Gasteiger charge is 2.08. The highest BCUT2D eigenvalue weighted by molar-refractivity contribution is 9.10. The standard InChI is InChI=1S/C14H14BrNO/c1-9(6-10(2)17)13-8-16(3)14-5-4-11(15)7-12(13)14/h4-8H,1-3H3/b9-6+. The summed E-state index contributed by atoms with van der Waals surface area (Å²) in [6, 6.07) is 6.18. The summed E-state index contributed by atoms with van der Waals surface area (Å²) < 4.78 is 3.13. The first kappa shape index (κ1) is 12.1. The Kier molecular flexibility index (Phi) is 3.20. The van der Waals surface area contributed by atoms with Gasteiger partial charge in [0.15, 0.2) is 5.78 Å². The van der Waals surface area contributed by atoms with E-state index in [4.69, 9.17) is 0 Å². The van der Waals surface area contributed by atoms with Crippen molar-refractivity contribution in [2.75, 3.05) is 0 Å². The monoisotopic (exact) mass is 291 g/mol. The number of carbonyl (C=O) groups is 1. The van der Waals surface area contributed by atoms with E-state index in [-0.39, 0.29) is 5.78 Å². The number of aromatic nitrogens is 1. The molecule has 2 nitrogen and oxygen atoms in total. The third-order valence-electron chi connectivity index (χ3n) is 2.80. The number of halogens is 1. The van der Waals surface area contributed by atoms with Crippen molar-refractivity contribution in [1.29, 1.82) is 0 Å². The molecule has 0 N–H and O–H groups in total. The molecule has 0 bridgehead atoms. The van der Waals surface area contributed by atoms with Crippen LogP contribution in [0.5, 0.6) is 0 Å². The molecular formula is C14H14BrNO. The first-order valence-corrected chi connectivity index (χ1v) is 6.22. The van der Waals surface area contributed by atoms with Crippen LogP contribution in [0.15, 0.2) is 34.9 Å². The molecule has 0 saturated heterocycles. The summed E-state index contributed by atoms with van der Waals surface area (Å²) in [6.07, 6.45) is 3.74. The van der Waals surface area contributed by atoms with Crippen molar-refractivity contribution in [3.05, 3.63) is 40.5 Å². The van der Waals surface area contributed by atoms with Crippen LogP contribution in [-0.2, 0) is 11.8 Å². The minimum Gasteiger partial charge on any atom is -0.350 e. The number of nitrogens with zero attached hydrogens (tertiary/aromatic N) is 1. The van der Waals surface area contributed by atoms with E-state index in [9.17, 15) is 4.79 Å². The maximum absolute atomic E-state index is 11.1. The molecule has 2 rings (SSSR count). The molecule has 0 radical (unpaired) electrons. The normalized spacial score (nSPS) is 12.1. The Hall–Kier alpha value is -1.35. The van der Waals surface area contributed by atoms with Crippen molar-refractivity contribution >= 4 is 38.2 Å². The number of rotatable bonds is 2. The van der Waals surface area contributed by atoms with Crippen LogP contribution in [0.25, 0.3) is 16.5 Å². The maximum Gasteiger partial charge on any atom is 0.152 e. The number of carbonyl (C=O) groups excluding carboxylic acids is 1. The Labute approximate surface area is 109 Å². The van der Waals surface area contributed by atoms with Crippen LogP contribution >= 0.6 is 15.9 Å². The maximum atomic E-state index is 11.1. The zero-order valence-corrected chi connectivity index (χ0v) is 11.7. The second-order valence-corrected chi connectivity index (χ2v) is 5.17. The largest absolute Gasteiger partial charge is 0.350 e. The molecule has 0 aliphatic rings. The second-order valence-electron chi connectivity index (χ2n) is 4.25. The van der Waals surface area contributed by atoms with E-state index in [0.717, 1.165) is 21.0 Å². The zero-order chi connectivity index (χ0) is 12.6. The van der Waals surface area contributed by atoms with Crippen molar-refractivity contribution in [1.82, 2.24) is 4.57 Å². The SMILES string of the molecule is CC(=O)/C=C(\C)c1cn(C)c2ccc(Br)cc12. The summed E-state index contributed by atoms with van der Waals surface area (Å²) in [6.45, 7) is 3.54. The molecule has 3 heteroatoms. The lowest BCUT2D eigenvalue weighted by molar-refractivity contribution is -0.112. The van der Waals surface area contributed by atoms with Gasteiger partial charge < -0.3 is 4.57 Å². The summed E-state index contributed by atoms with van der Waals surface area (Å²) in [5, 5.41) is 1.16. The Morgan fingerprint density at radius 3 is 2.71 bits per heavy atom. The van der Waals surface area contributed by atoms with Gasteiger partial charge in [-0.25, -0.2) is 0 Å². The molecule has 88 valence electrons. The van der Waals surface area contributed by atoms with Gasteiger partial charge in [0.05, 0.1) is 0 Å². The molecule has 0 amide bonds. The summed E-state index contributed by atoms with van der Waals surface area (Å²) in [5.74, 6) is 0.0782. The fourth-order valence-electron chi connectivity index (χ4n) is 2.06. The number of allylic oxidation sites excluding steroid dienone is 2. The summed E-state index contributed by atoms with van der Waals surface area (Å²) >= 11 is 3.48. The topological polar surface area (TPSA) is 22.0 Å². The minimum atomic E-state index is 0.0782. The van der Waals surface area contributed by atoms with E-state index in [1.807, 2.05) is 20.0 Å². The van der Waals surface area contributed by atoms with Crippen LogP contribution in [0, 0.1) is 0 Å². The lowest BCUT2D eigenvalue weighted by Crippen LogP contribution is -1.85. The molecule has 1 heterocycles. The van der Waals surface area contributed by atoms with Crippen molar-refractivity contribution < 1.29 is 4.79 Å². The molecule has 0 fully saturated rings. The molecule has 1 aromatic carbocycles. The van der Waals surface area contributed by atoms with Gasteiger partial charge >= 0.3 is 0 Å². The van der Waals surface area contributed by atoms with E-state index in [2.05, 4.69) is 38.8 Å². The van der Waals surface area contributed by atoms with Gasteiger partial charge in [-0.2, -0.15) is 0 Å². The highest BCUT2D eigenvalue weighted by Crippen LogP contribution is 2.29. The molecule has 17 heavy (non-hydrogen) atoms. The highest BCUT2D eigenvalue weighted by atomic mass is 79.9. The lowest BCUT2D eigenvalue weighted by atomic mass is 10.1. The average Bonchev–Trinajstić information content (AvgIpc) is 2.54. The van der Waals surface area contributed by atoms with E-state index in [1.54, 1.807) is 13.0 Å². The summed E-state index contributed by atoms with van der Waals surface area (Å²) in [5.41, 5.74) is 3.28. The van der Waals surface area contributed by atoms with Gasteiger partial charge in [-0.15, -0.1) is 0 Å². The molecule has 0 spiro atoms. The molecule has 0 atom stereocenters. The predicted octanol–water partition coefficient (Wildman–Crippen LogP) is 3.93. The number of hydrogen-bond acceptors (Lipinski definition) is 1. The first-order chi connectivity index (χ1) is 7.99. The van der Waals surface area contributed by atoms with Crippen molar-refractivity contribution in [3.8, 4) is 0 Å². The van der Waals surface area contributed by atoms with Gasteiger partial charge in [0.25, 0.3) is 0 Å².